The molecule has 22 heavy (non-hydrogen) atoms. The second-order valence-corrected chi connectivity index (χ2v) is 7.28. The van der Waals surface area contributed by atoms with Crippen molar-refractivity contribution in [1.29, 1.82) is 0 Å². The number of carbonyl (C=O) groups is 1. The minimum absolute atomic E-state index is 0.160. The first-order valence-corrected chi connectivity index (χ1v) is 8.87. The molecule has 1 atom stereocenters. The van der Waals surface area contributed by atoms with E-state index in [9.17, 15) is 4.79 Å². The Bertz CT molecular complexity index is 726. The molecule has 0 saturated heterocycles. The molecule has 6 heteroatoms. The smallest absolute Gasteiger partial charge is 0.313 e. The summed E-state index contributed by atoms with van der Waals surface area (Å²) in [5.74, 6) is 0.585. The molecule has 0 fully saturated rings. The van der Waals surface area contributed by atoms with Gasteiger partial charge in [-0.25, -0.2) is 9.97 Å². The summed E-state index contributed by atoms with van der Waals surface area (Å²) >= 11 is 8.08. The van der Waals surface area contributed by atoms with Gasteiger partial charge in [-0.3, -0.25) is 4.79 Å². The van der Waals surface area contributed by atoms with Gasteiger partial charge in [0.2, 0.25) is 0 Å². The Balaban J connectivity index is 2.17. The van der Waals surface area contributed by atoms with Gasteiger partial charge in [0.1, 0.15) is 15.8 Å². The predicted octanol–water partition coefficient (Wildman–Crippen LogP) is 4.45. The lowest BCUT2D eigenvalue weighted by molar-refractivity contribution is -0.145. The Labute approximate surface area is 138 Å². The molecular weight excluding hydrogens is 320 g/mol. The van der Waals surface area contributed by atoms with Crippen molar-refractivity contribution in [2.75, 3.05) is 6.61 Å². The Morgan fingerprint density at radius 1 is 1.45 bits per heavy atom. The minimum Gasteiger partial charge on any atom is -0.466 e. The number of fused-ring (bicyclic) bond motifs is 3. The van der Waals surface area contributed by atoms with Crippen LogP contribution in [0.25, 0.3) is 10.2 Å². The average Bonchev–Trinajstić information content (AvgIpc) is 2.85. The molecule has 0 aliphatic heterocycles. The van der Waals surface area contributed by atoms with E-state index in [1.54, 1.807) is 11.3 Å². The van der Waals surface area contributed by atoms with Crippen molar-refractivity contribution in [3.05, 3.63) is 21.4 Å². The number of nitrogens with zero attached hydrogens (tertiary/aromatic N) is 2. The largest absolute Gasteiger partial charge is 0.466 e. The van der Waals surface area contributed by atoms with Crippen LogP contribution >= 0.6 is 22.9 Å². The lowest BCUT2D eigenvalue weighted by Gasteiger charge is -2.21. The standard InChI is InChI=1S/C16H19ClN2O2S/c1-4-21-16(20)9-6-5-7-10-11(9)12-13(17)18-14(8(2)3)19-15(12)22-10/h8-9H,4-7H2,1-3H3. The number of aryl methyl sites for hydroxylation is 1. The van der Waals surface area contributed by atoms with Gasteiger partial charge in [0.25, 0.3) is 0 Å². The predicted molar refractivity (Wildman–Crippen MR) is 88.8 cm³/mol. The molecule has 1 aliphatic rings. The van der Waals surface area contributed by atoms with Crippen molar-refractivity contribution >= 4 is 39.1 Å². The SMILES string of the molecule is CCOC(=O)C1CCCc2sc3nc(C(C)C)nc(Cl)c3c21. The van der Waals surface area contributed by atoms with Gasteiger partial charge in [0, 0.05) is 10.8 Å². The molecule has 118 valence electrons. The lowest BCUT2D eigenvalue weighted by atomic mass is 9.86. The molecule has 1 unspecified atom stereocenters. The van der Waals surface area contributed by atoms with Gasteiger partial charge in [0.05, 0.1) is 17.9 Å². The third kappa shape index (κ3) is 2.61. The minimum atomic E-state index is -0.233. The molecule has 0 N–H and O–H groups in total. The number of hydrogen-bond acceptors (Lipinski definition) is 5. The van der Waals surface area contributed by atoms with Crippen LogP contribution in [0.4, 0.5) is 0 Å². The summed E-state index contributed by atoms with van der Waals surface area (Å²) in [5, 5.41) is 1.31. The molecule has 2 heterocycles. The van der Waals surface area contributed by atoms with Crippen LogP contribution in [-0.4, -0.2) is 22.5 Å². The fourth-order valence-electron chi connectivity index (χ4n) is 2.94. The summed E-state index contributed by atoms with van der Waals surface area (Å²) in [5.41, 5.74) is 1.00. The van der Waals surface area contributed by atoms with Crippen molar-refractivity contribution in [1.82, 2.24) is 9.97 Å². The second-order valence-electron chi connectivity index (χ2n) is 5.84. The van der Waals surface area contributed by atoms with E-state index in [2.05, 4.69) is 9.97 Å². The van der Waals surface area contributed by atoms with E-state index in [1.165, 1.54) is 4.88 Å². The van der Waals surface area contributed by atoms with Crippen molar-refractivity contribution in [3.8, 4) is 0 Å². The highest BCUT2D eigenvalue weighted by Crippen LogP contribution is 2.44. The number of esters is 1. The van der Waals surface area contributed by atoms with Gasteiger partial charge in [0.15, 0.2) is 0 Å². The van der Waals surface area contributed by atoms with Gasteiger partial charge < -0.3 is 4.74 Å². The van der Waals surface area contributed by atoms with E-state index in [0.29, 0.717) is 11.8 Å². The molecule has 0 aromatic carbocycles. The molecule has 0 spiro atoms. The summed E-state index contributed by atoms with van der Waals surface area (Å²) in [6, 6.07) is 0. The first-order valence-electron chi connectivity index (χ1n) is 7.68. The quantitative estimate of drug-likeness (QED) is 0.612. The molecule has 0 saturated carbocycles. The van der Waals surface area contributed by atoms with Crippen molar-refractivity contribution in [3.63, 3.8) is 0 Å². The zero-order chi connectivity index (χ0) is 15.9. The summed E-state index contributed by atoms with van der Waals surface area (Å²) < 4.78 is 5.24. The summed E-state index contributed by atoms with van der Waals surface area (Å²) in [6.07, 6.45) is 2.77. The van der Waals surface area contributed by atoms with Crippen LogP contribution in [0.2, 0.25) is 5.15 Å². The normalized spacial score (nSPS) is 17.8. The number of rotatable bonds is 3. The number of hydrogen-bond donors (Lipinski definition) is 0. The third-order valence-corrected chi connectivity index (χ3v) is 5.40. The van der Waals surface area contributed by atoms with E-state index in [0.717, 1.165) is 40.9 Å². The first-order chi connectivity index (χ1) is 10.5. The highest BCUT2D eigenvalue weighted by molar-refractivity contribution is 7.19. The van der Waals surface area contributed by atoms with Gasteiger partial charge >= 0.3 is 5.97 Å². The van der Waals surface area contributed by atoms with E-state index in [1.807, 2.05) is 20.8 Å². The fraction of sp³-hybridized carbons (Fsp3) is 0.562. The topological polar surface area (TPSA) is 52.1 Å². The van der Waals surface area contributed by atoms with Crippen LogP contribution in [0.15, 0.2) is 0 Å². The monoisotopic (exact) mass is 338 g/mol. The van der Waals surface area contributed by atoms with Gasteiger partial charge in [-0.2, -0.15) is 0 Å². The Morgan fingerprint density at radius 2 is 2.23 bits per heavy atom. The maximum absolute atomic E-state index is 12.3. The maximum Gasteiger partial charge on any atom is 0.313 e. The summed E-state index contributed by atoms with van der Waals surface area (Å²) in [6.45, 7) is 6.33. The molecule has 4 nitrogen and oxygen atoms in total. The Kier molecular flexibility index (Phi) is 4.37. The third-order valence-electron chi connectivity index (χ3n) is 3.97. The second kappa shape index (κ2) is 6.13. The number of ether oxygens (including phenoxy) is 1. The van der Waals surface area contributed by atoms with Crippen LogP contribution in [0.1, 0.15) is 61.7 Å². The first kappa shape index (κ1) is 15.7. The zero-order valence-electron chi connectivity index (χ0n) is 13.0. The van der Waals surface area contributed by atoms with Crippen LogP contribution in [0, 0.1) is 0 Å². The molecule has 3 rings (SSSR count). The van der Waals surface area contributed by atoms with Gasteiger partial charge in [-0.1, -0.05) is 25.4 Å². The van der Waals surface area contributed by atoms with E-state index in [-0.39, 0.29) is 17.8 Å². The zero-order valence-corrected chi connectivity index (χ0v) is 14.6. The molecule has 0 radical (unpaired) electrons. The summed E-state index contributed by atoms with van der Waals surface area (Å²) in [7, 11) is 0. The van der Waals surface area contributed by atoms with Gasteiger partial charge in [-0.05, 0) is 31.7 Å². The fourth-order valence-corrected chi connectivity index (χ4v) is 4.56. The molecule has 0 bridgehead atoms. The average molecular weight is 339 g/mol. The molecular formula is C16H19ClN2O2S. The maximum atomic E-state index is 12.3. The highest BCUT2D eigenvalue weighted by atomic mass is 35.5. The lowest BCUT2D eigenvalue weighted by Crippen LogP contribution is -2.20. The van der Waals surface area contributed by atoms with E-state index < -0.39 is 0 Å². The molecule has 2 aromatic heterocycles. The van der Waals surface area contributed by atoms with E-state index in [4.69, 9.17) is 16.3 Å². The molecule has 2 aromatic rings. The van der Waals surface area contributed by atoms with E-state index >= 15 is 0 Å². The number of thiophene rings is 1. The van der Waals surface area contributed by atoms with Crippen molar-refractivity contribution in [2.24, 2.45) is 0 Å². The van der Waals surface area contributed by atoms with Crippen LogP contribution in [0.5, 0.6) is 0 Å². The highest BCUT2D eigenvalue weighted by Gasteiger charge is 2.33. The van der Waals surface area contributed by atoms with Crippen LogP contribution < -0.4 is 0 Å². The number of aromatic nitrogens is 2. The Morgan fingerprint density at radius 3 is 2.91 bits per heavy atom. The van der Waals surface area contributed by atoms with Gasteiger partial charge in [-0.15, -0.1) is 11.3 Å². The van der Waals surface area contributed by atoms with Crippen molar-refractivity contribution in [2.45, 2.75) is 51.9 Å². The van der Waals surface area contributed by atoms with Crippen molar-refractivity contribution < 1.29 is 9.53 Å². The number of carbonyl (C=O) groups excluding carboxylic acids is 1. The Hall–Kier alpha value is -1.20. The van der Waals surface area contributed by atoms with Crippen LogP contribution in [0.3, 0.4) is 0 Å². The number of halogens is 1. The molecule has 0 amide bonds. The van der Waals surface area contributed by atoms with Crippen LogP contribution in [-0.2, 0) is 16.0 Å². The molecule has 1 aliphatic carbocycles. The summed E-state index contributed by atoms with van der Waals surface area (Å²) in [4.78, 5) is 23.5.